The van der Waals surface area contributed by atoms with Gasteiger partial charge in [0, 0.05) is 11.8 Å². The summed E-state index contributed by atoms with van der Waals surface area (Å²) < 4.78 is 6.56. The molecule has 3 rings (SSSR count). The summed E-state index contributed by atoms with van der Waals surface area (Å²) in [6.45, 7) is 0.234. The molecule has 0 N–H and O–H groups in total. The van der Waals surface area contributed by atoms with E-state index in [1.54, 1.807) is 24.3 Å². The molecular weight excluding hydrogens is 270 g/mol. The van der Waals surface area contributed by atoms with Gasteiger partial charge in [-0.2, -0.15) is 5.26 Å². The van der Waals surface area contributed by atoms with Gasteiger partial charge in [-0.3, -0.25) is 14.3 Å². The molecule has 0 radical (unpaired) electrons. The largest absolute Gasteiger partial charge is 0.420 e. The molecule has 1 aromatic carbocycles. The summed E-state index contributed by atoms with van der Waals surface area (Å²) in [6, 6.07) is 10.1. The SMILES string of the molecule is N#Cc1ccc(Cn2c(=O)oc3cc(C=O)ccc32)nc1. The van der Waals surface area contributed by atoms with Gasteiger partial charge in [-0.05, 0) is 30.3 Å². The van der Waals surface area contributed by atoms with Crippen LogP contribution in [0.15, 0.2) is 45.7 Å². The molecule has 0 aliphatic carbocycles. The standard InChI is InChI=1S/C15H9N3O3/c16-6-11-1-3-12(17-7-11)8-18-13-4-2-10(9-19)5-14(13)21-15(18)20/h1-5,7,9H,8H2. The Morgan fingerprint density at radius 3 is 2.86 bits per heavy atom. The molecular formula is C15H9N3O3. The number of carbonyl (C=O) groups is 1. The minimum atomic E-state index is -0.515. The van der Waals surface area contributed by atoms with Crippen molar-refractivity contribution in [1.82, 2.24) is 9.55 Å². The molecule has 0 atom stereocenters. The average molecular weight is 279 g/mol. The molecule has 0 unspecified atom stereocenters. The van der Waals surface area contributed by atoms with E-state index in [9.17, 15) is 9.59 Å². The van der Waals surface area contributed by atoms with E-state index in [2.05, 4.69) is 4.98 Å². The lowest BCUT2D eigenvalue weighted by molar-refractivity contribution is 0.112. The van der Waals surface area contributed by atoms with E-state index in [1.807, 2.05) is 6.07 Å². The Balaban J connectivity index is 2.03. The number of hydrogen-bond acceptors (Lipinski definition) is 5. The second-order valence-corrected chi connectivity index (χ2v) is 4.45. The second-order valence-electron chi connectivity index (χ2n) is 4.45. The molecule has 2 aromatic heterocycles. The first-order chi connectivity index (χ1) is 10.2. The second kappa shape index (κ2) is 5.06. The van der Waals surface area contributed by atoms with E-state index in [1.165, 1.54) is 16.8 Å². The van der Waals surface area contributed by atoms with Crippen LogP contribution >= 0.6 is 0 Å². The van der Waals surface area contributed by atoms with Gasteiger partial charge in [-0.25, -0.2) is 4.79 Å². The number of pyridine rings is 1. The third kappa shape index (κ3) is 2.32. The van der Waals surface area contributed by atoms with Crippen LogP contribution in [-0.2, 0) is 6.54 Å². The number of carbonyl (C=O) groups excluding carboxylic acids is 1. The Hall–Kier alpha value is -3.20. The number of oxazole rings is 1. The van der Waals surface area contributed by atoms with Crippen LogP contribution in [0.2, 0.25) is 0 Å². The zero-order chi connectivity index (χ0) is 14.8. The number of hydrogen-bond donors (Lipinski definition) is 0. The lowest BCUT2D eigenvalue weighted by Gasteiger charge is -2.02. The molecule has 102 valence electrons. The highest BCUT2D eigenvalue weighted by atomic mass is 16.4. The molecule has 0 amide bonds. The van der Waals surface area contributed by atoms with Crippen molar-refractivity contribution in [3.63, 3.8) is 0 Å². The Kier molecular flexibility index (Phi) is 3.09. The average Bonchev–Trinajstić information content (AvgIpc) is 2.83. The summed E-state index contributed by atoms with van der Waals surface area (Å²) in [5, 5.41) is 8.73. The van der Waals surface area contributed by atoms with Crippen LogP contribution in [0.5, 0.6) is 0 Å². The molecule has 21 heavy (non-hydrogen) atoms. The highest BCUT2D eigenvalue weighted by molar-refractivity contribution is 5.83. The first kappa shape index (κ1) is 12.8. The van der Waals surface area contributed by atoms with E-state index in [4.69, 9.17) is 9.68 Å². The van der Waals surface area contributed by atoms with Gasteiger partial charge in [-0.15, -0.1) is 0 Å². The van der Waals surface area contributed by atoms with Gasteiger partial charge in [0.25, 0.3) is 0 Å². The van der Waals surface area contributed by atoms with Crippen molar-refractivity contribution in [3.8, 4) is 6.07 Å². The molecule has 0 spiro atoms. The Morgan fingerprint density at radius 1 is 1.33 bits per heavy atom. The minimum absolute atomic E-state index is 0.234. The van der Waals surface area contributed by atoms with Crippen molar-refractivity contribution < 1.29 is 9.21 Å². The van der Waals surface area contributed by atoms with Crippen LogP contribution in [0.4, 0.5) is 0 Å². The highest BCUT2D eigenvalue weighted by Gasteiger charge is 2.10. The van der Waals surface area contributed by atoms with Crippen LogP contribution in [0.3, 0.4) is 0 Å². The van der Waals surface area contributed by atoms with Crippen molar-refractivity contribution in [2.24, 2.45) is 0 Å². The maximum absolute atomic E-state index is 11.9. The lowest BCUT2D eigenvalue weighted by Crippen LogP contribution is -2.15. The summed E-state index contributed by atoms with van der Waals surface area (Å²) in [6.07, 6.45) is 2.14. The third-order valence-corrected chi connectivity index (χ3v) is 3.10. The fraction of sp³-hybridized carbons (Fsp3) is 0.0667. The van der Waals surface area contributed by atoms with Gasteiger partial charge in [0.05, 0.1) is 23.3 Å². The van der Waals surface area contributed by atoms with Crippen LogP contribution in [0.25, 0.3) is 11.1 Å². The van der Waals surface area contributed by atoms with E-state index in [-0.39, 0.29) is 6.54 Å². The van der Waals surface area contributed by atoms with E-state index in [0.29, 0.717) is 34.2 Å². The zero-order valence-corrected chi connectivity index (χ0v) is 10.8. The van der Waals surface area contributed by atoms with Gasteiger partial charge < -0.3 is 4.42 Å². The molecule has 3 aromatic rings. The van der Waals surface area contributed by atoms with Crippen LogP contribution in [0.1, 0.15) is 21.6 Å². The number of rotatable bonds is 3. The Labute approximate surface area is 118 Å². The molecule has 2 heterocycles. The summed E-state index contributed by atoms with van der Waals surface area (Å²) in [7, 11) is 0. The molecule has 0 bridgehead atoms. The fourth-order valence-electron chi connectivity index (χ4n) is 2.05. The molecule has 0 aliphatic heterocycles. The zero-order valence-electron chi connectivity index (χ0n) is 10.8. The van der Waals surface area contributed by atoms with Gasteiger partial charge in [0.1, 0.15) is 12.4 Å². The normalized spacial score (nSPS) is 10.4. The number of nitrogens with zero attached hydrogens (tertiary/aromatic N) is 3. The van der Waals surface area contributed by atoms with Crippen LogP contribution in [0, 0.1) is 11.3 Å². The summed E-state index contributed by atoms with van der Waals surface area (Å²) >= 11 is 0. The van der Waals surface area contributed by atoms with Gasteiger partial charge in [-0.1, -0.05) is 0 Å². The smallest absolute Gasteiger partial charge is 0.408 e. The number of aromatic nitrogens is 2. The monoisotopic (exact) mass is 279 g/mol. The van der Waals surface area contributed by atoms with Gasteiger partial charge >= 0.3 is 5.76 Å². The Morgan fingerprint density at radius 2 is 2.19 bits per heavy atom. The van der Waals surface area contributed by atoms with Crippen LogP contribution < -0.4 is 5.76 Å². The highest BCUT2D eigenvalue weighted by Crippen LogP contribution is 2.15. The predicted molar refractivity (Wildman–Crippen MR) is 73.9 cm³/mol. The molecule has 0 saturated heterocycles. The van der Waals surface area contributed by atoms with Gasteiger partial charge in [0.2, 0.25) is 0 Å². The molecule has 6 heteroatoms. The summed E-state index contributed by atoms with van der Waals surface area (Å²) in [4.78, 5) is 26.7. The lowest BCUT2D eigenvalue weighted by atomic mass is 10.2. The number of fused-ring (bicyclic) bond motifs is 1. The van der Waals surface area contributed by atoms with E-state index < -0.39 is 5.76 Å². The molecule has 6 nitrogen and oxygen atoms in total. The first-order valence-corrected chi connectivity index (χ1v) is 6.15. The summed E-state index contributed by atoms with van der Waals surface area (Å²) in [5.41, 5.74) is 2.49. The predicted octanol–water partition coefficient (Wildman–Crippen LogP) is 1.72. The van der Waals surface area contributed by atoms with Crippen molar-refractivity contribution in [1.29, 1.82) is 5.26 Å². The quantitative estimate of drug-likeness (QED) is 0.681. The number of aldehydes is 1. The van der Waals surface area contributed by atoms with Crippen molar-refractivity contribution in [2.75, 3.05) is 0 Å². The van der Waals surface area contributed by atoms with Crippen molar-refractivity contribution in [3.05, 3.63) is 63.9 Å². The topological polar surface area (TPSA) is 88.9 Å². The van der Waals surface area contributed by atoms with Crippen molar-refractivity contribution >= 4 is 17.4 Å². The summed E-state index contributed by atoms with van der Waals surface area (Å²) in [5.74, 6) is -0.515. The van der Waals surface area contributed by atoms with Crippen molar-refractivity contribution in [2.45, 2.75) is 6.54 Å². The number of nitriles is 1. The molecule has 0 aliphatic rings. The minimum Gasteiger partial charge on any atom is -0.408 e. The fourth-order valence-corrected chi connectivity index (χ4v) is 2.05. The maximum Gasteiger partial charge on any atom is 0.420 e. The first-order valence-electron chi connectivity index (χ1n) is 6.15. The molecule has 0 fully saturated rings. The van der Waals surface area contributed by atoms with Crippen LogP contribution in [-0.4, -0.2) is 15.8 Å². The van der Waals surface area contributed by atoms with E-state index in [0.717, 1.165) is 0 Å². The molecule has 0 saturated carbocycles. The van der Waals surface area contributed by atoms with E-state index >= 15 is 0 Å². The number of benzene rings is 1. The van der Waals surface area contributed by atoms with Gasteiger partial charge in [0.15, 0.2) is 5.58 Å². The maximum atomic E-state index is 11.9. The Bertz CT molecular complexity index is 914. The third-order valence-electron chi connectivity index (χ3n) is 3.10.